The van der Waals surface area contributed by atoms with E-state index in [0.717, 1.165) is 12.4 Å². The molecule has 0 fully saturated rings. The number of pyridine rings is 1. The number of aryl methyl sites for hydroxylation is 1. The summed E-state index contributed by atoms with van der Waals surface area (Å²) in [5.41, 5.74) is 2.46. The van der Waals surface area contributed by atoms with Crippen LogP contribution in [-0.4, -0.2) is 4.98 Å². The highest BCUT2D eigenvalue weighted by Gasteiger charge is 2.02. The van der Waals surface area contributed by atoms with Crippen LogP contribution in [0.4, 0.5) is 5.82 Å². The Bertz CT molecular complexity index is 699. The van der Waals surface area contributed by atoms with Crippen molar-refractivity contribution in [2.45, 2.75) is 13.5 Å². The van der Waals surface area contributed by atoms with Crippen molar-refractivity contribution in [1.82, 2.24) is 4.98 Å². The second-order valence-electron chi connectivity index (χ2n) is 4.66. The van der Waals surface area contributed by atoms with Gasteiger partial charge in [-0.05, 0) is 34.9 Å². The number of aromatic nitrogens is 1. The summed E-state index contributed by atoms with van der Waals surface area (Å²) in [6.07, 6.45) is 1.82. The van der Waals surface area contributed by atoms with Gasteiger partial charge < -0.3 is 5.32 Å². The summed E-state index contributed by atoms with van der Waals surface area (Å²) in [5, 5.41) is 5.98. The lowest BCUT2D eigenvalue weighted by atomic mass is 10.0. The maximum Gasteiger partial charge on any atom is 0.129 e. The number of nitrogens with zero attached hydrogens (tertiary/aromatic N) is 1. The molecule has 0 aliphatic heterocycles. The third-order valence-electron chi connectivity index (χ3n) is 3.34. The largest absolute Gasteiger partial charge is 0.366 e. The van der Waals surface area contributed by atoms with Crippen LogP contribution in [0.25, 0.3) is 10.8 Å². The minimum absolute atomic E-state index is 0.791. The van der Waals surface area contributed by atoms with E-state index in [-0.39, 0.29) is 0 Å². The standard InChI is InChI=1S/C17H16N2/c1-13-6-5-11-18-17(13)19-12-15-9-4-8-14-7-2-3-10-16(14)15/h2-11H,12H2,1H3,(H,18,19). The molecule has 0 amide bonds. The van der Waals surface area contributed by atoms with E-state index < -0.39 is 0 Å². The molecule has 2 aromatic carbocycles. The molecule has 0 spiro atoms. The summed E-state index contributed by atoms with van der Waals surface area (Å²) < 4.78 is 0. The molecule has 0 bridgehead atoms. The predicted molar refractivity (Wildman–Crippen MR) is 80.2 cm³/mol. The number of nitrogens with one attached hydrogen (secondary N) is 1. The number of benzene rings is 2. The molecule has 0 radical (unpaired) electrons. The number of hydrogen-bond donors (Lipinski definition) is 1. The van der Waals surface area contributed by atoms with Crippen LogP contribution < -0.4 is 5.32 Å². The Labute approximate surface area is 113 Å². The minimum Gasteiger partial charge on any atom is -0.366 e. The van der Waals surface area contributed by atoms with Gasteiger partial charge in [0.15, 0.2) is 0 Å². The van der Waals surface area contributed by atoms with E-state index in [1.54, 1.807) is 0 Å². The smallest absolute Gasteiger partial charge is 0.129 e. The van der Waals surface area contributed by atoms with Gasteiger partial charge in [-0.2, -0.15) is 0 Å². The van der Waals surface area contributed by atoms with E-state index in [2.05, 4.69) is 65.8 Å². The van der Waals surface area contributed by atoms with Crippen molar-refractivity contribution in [2.24, 2.45) is 0 Å². The van der Waals surface area contributed by atoms with Crippen LogP contribution in [0.15, 0.2) is 60.8 Å². The first-order valence-corrected chi connectivity index (χ1v) is 6.47. The Hall–Kier alpha value is -2.35. The monoisotopic (exact) mass is 248 g/mol. The van der Waals surface area contributed by atoms with Crippen LogP contribution in [0.2, 0.25) is 0 Å². The summed E-state index contributed by atoms with van der Waals surface area (Å²) in [7, 11) is 0. The lowest BCUT2D eigenvalue weighted by molar-refractivity contribution is 1.11. The topological polar surface area (TPSA) is 24.9 Å². The van der Waals surface area contributed by atoms with E-state index in [1.165, 1.54) is 21.9 Å². The third-order valence-corrected chi connectivity index (χ3v) is 3.34. The lowest BCUT2D eigenvalue weighted by Gasteiger charge is -2.10. The Balaban J connectivity index is 1.88. The zero-order chi connectivity index (χ0) is 13.1. The fraction of sp³-hybridized carbons (Fsp3) is 0.118. The van der Waals surface area contributed by atoms with Crippen molar-refractivity contribution in [2.75, 3.05) is 5.32 Å². The summed E-state index contributed by atoms with van der Waals surface area (Å²) >= 11 is 0. The fourth-order valence-corrected chi connectivity index (χ4v) is 2.30. The number of anilines is 1. The molecule has 0 saturated carbocycles. The van der Waals surface area contributed by atoms with Crippen LogP contribution in [0.1, 0.15) is 11.1 Å². The molecule has 0 unspecified atom stereocenters. The number of fused-ring (bicyclic) bond motifs is 1. The first kappa shape index (κ1) is 11.7. The lowest BCUT2D eigenvalue weighted by Crippen LogP contribution is -2.03. The van der Waals surface area contributed by atoms with Crippen molar-refractivity contribution >= 4 is 16.6 Å². The Morgan fingerprint density at radius 1 is 0.947 bits per heavy atom. The van der Waals surface area contributed by atoms with Crippen molar-refractivity contribution < 1.29 is 0 Å². The second-order valence-corrected chi connectivity index (χ2v) is 4.66. The maximum atomic E-state index is 4.36. The van der Waals surface area contributed by atoms with Crippen LogP contribution in [0.5, 0.6) is 0 Å². The van der Waals surface area contributed by atoms with Crippen LogP contribution in [-0.2, 0) is 6.54 Å². The van der Waals surface area contributed by atoms with Crippen molar-refractivity contribution in [3.63, 3.8) is 0 Å². The molecule has 1 heterocycles. The highest BCUT2D eigenvalue weighted by atomic mass is 15.0. The molecule has 1 aromatic heterocycles. The third kappa shape index (κ3) is 2.43. The molecule has 94 valence electrons. The average Bonchev–Trinajstić information content (AvgIpc) is 2.46. The average molecular weight is 248 g/mol. The van der Waals surface area contributed by atoms with Crippen LogP contribution in [0, 0.1) is 6.92 Å². The van der Waals surface area contributed by atoms with Gasteiger partial charge in [0.05, 0.1) is 0 Å². The molecule has 3 rings (SSSR count). The fourth-order valence-electron chi connectivity index (χ4n) is 2.30. The molecule has 2 heteroatoms. The Kier molecular flexibility index (Phi) is 3.15. The van der Waals surface area contributed by atoms with E-state index in [4.69, 9.17) is 0 Å². The van der Waals surface area contributed by atoms with Gasteiger partial charge >= 0.3 is 0 Å². The minimum atomic E-state index is 0.791. The molecular weight excluding hydrogens is 232 g/mol. The Morgan fingerprint density at radius 3 is 2.68 bits per heavy atom. The summed E-state index contributed by atoms with van der Waals surface area (Å²) in [6, 6.07) is 18.9. The summed E-state index contributed by atoms with van der Waals surface area (Å²) in [5.74, 6) is 0.954. The van der Waals surface area contributed by atoms with E-state index in [1.807, 2.05) is 12.3 Å². The Morgan fingerprint density at radius 2 is 1.79 bits per heavy atom. The van der Waals surface area contributed by atoms with E-state index >= 15 is 0 Å². The van der Waals surface area contributed by atoms with E-state index in [0.29, 0.717) is 0 Å². The molecular formula is C17H16N2. The van der Waals surface area contributed by atoms with Gasteiger partial charge in [-0.25, -0.2) is 4.98 Å². The van der Waals surface area contributed by atoms with Crippen LogP contribution in [0.3, 0.4) is 0 Å². The maximum absolute atomic E-state index is 4.36. The SMILES string of the molecule is Cc1cccnc1NCc1cccc2ccccc12. The zero-order valence-corrected chi connectivity index (χ0v) is 10.9. The normalized spacial score (nSPS) is 10.6. The molecule has 0 aliphatic rings. The number of hydrogen-bond acceptors (Lipinski definition) is 2. The highest BCUT2D eigenvalue weighted by molar-refractivity contribution is 5.85. The molecule has 0 saturated heterocycles. The second kappa shape index (κ2) is 5.11. The van der Waals surface area contributed by atoms with E-state index in [9.17, 15) is 0 Å². The van der Waals surface area contributed by atoms with Gasteiger partial charge in [0, 0.05) is 12.7 Å². The van der Waals surface area contributed by atoms with Gasteiger partial charge in [-0.15, -0.1) is 0 Å². The summed E-state index contributed by atoms with van der Waals surface area (Å²) in [6.45, 7) is 2.86. The van der Waals surface area contributed by atoms with Crippen molar-refractivity contribution in [3.05, 3.63) is 71.9 Å². The highest BCUT2D eigenvalue weighted by Crippen LogP contribution is 2.20. The molecule has 2 nitrogen and oxygen atoms in total. The number of rotatable bonds is 3. The van der Waals surface area contributed by atoms with Crippen molar-refractivity contribution in [1.29, 1.82) is 0 Å². The van der Waals surface area contributed by atoms with Gasteiger partial charge in [0.25, 0.3) is 0 Å². The first-order valence-electron chi connectivity index (χ1n) is 6.47. The zero-order valence-electron chi connectivity index (χ0n) is 10.9. The molecule has 1 N–H and O–H groups in total. The first-order chi connectivity index (χ1) is 9.34. The predicted octanol–water partition coefficient (Wildman–Crippen LogP) is 4.16. The van der Waals surface area contributed by atoms with Gasteiger partial charge in [-0.1, -0.05) is 48.5 Å². The van der Waals surface area contributed by atoms with Gasteiger partial charge in [0.1, 0.15) is 5.82 Å². The van der Waals surface area contributed by atoms with Crippen LogP contribution >= 0.6 is 0 Å². The molecule has 3 aromatic rings. The van der Waals surface area contributed by atoms with Crippen molar-refractivity contribution in [3.8, 4) is 0 Å². The van der Waals surface area contributed by atoms with Gasteiger partial charge in [-0.3, -0.25) is 0 Å². The molecule has 0 atom stereocenters. The quantitative estimate of drug-likeness (QED) is 0.753. The summed E-state index contributed by atoms with van der Waals surface area (Å²) in [4.78, 5) is 4.36. The molecule has 19 heavy (non-hydrogen) atoms. The molecule has 0 aliphatic carbocycles. The van der Waals surface area contributed by atoms with Gasteiger partial charge in [0.2, 0.25) is 0 Å².